The summed E-state index contributed by atoms with van der Waals surface area (Å²) in [6, 6.07) is 24.8. The Kier molecular flexibility index (Phi) is 6.56. The van der Waals surface area contributed by atoms with E-state index in [1.54, 1.807) is 42.5 Å². The van der Waals surface area contributed by atoms with Gasteiger partial charge < -0.3 is 25.9 Å². The van der Waals surface area contributed by atoms with Crippen LogP contribution in [0.1, 0.15) is 32.6 Å². The van der Waals surface area contributed by atoms with Crippen molar-refractivity contribution >= 4 is 39.3 Å². The molecule has 9 heteroatoms. The van der Waals surface area contributed by atoms with Crippen molar-refractivity contribution in [1.82, 2.24) is 4.57 Å². The number of aromatic nitrogens is 1. The van der Waals surface area contributed by atoms with Gasteiger partial charge >= 0.3 is 5.97 Å². The fraction of sp³-hybridized carbons (Fsp3) is 0.0667. The second kappa shape index (κ2) is 10.1. The van der Waals surface area contributed by atoms with Crippen molar-refractivity contribution in [2.45, 2.75) is 13.2 Å². The average Bonchev–Trinajstić information content (AvgIpc) is 2.92. The molecule has 1 aromatic heterocycles. The van der Waals surface area contributed by atoms with E-state index in [-0.39, 0.29) is 30.4 Å². The smallest absolute Gasteiger partial charge is 0.341 e. The number of carboxylic acid groups (broad SMARTS) is 1. The van der Waals surface area contributed by atoms with Crippen LogP contribution in [0.4, 0.5) is 0 Å². The Morgan fingerprint density at radius 1 is 0.795 bits per heavy atom. The molecule has 0 radical (unpaired) electrons. The molecule has 0 aliphatic carbocycles. The van der Waals surface area contributed by atoms with Gasteiger partial charge in [-0.15, -0.1) is 0 Å². The van der Waals surface area contributed by atoms with Crippen LogP contribution in [0.5, 0.6) is 5.75 Å². The Balaban J connectivity index is 1.51. The van der Waals surface area contributed by atoms with Crippen molar-refractivity contribution in [3.05, 3.63) is 123 Å². The van der Waals surface area contributed by atoms with Gasteiger partial charge in [-0.05, 0) is 64.4 Å². The van der Waals surface area contributed by atoms with Gasteiger partial charge in [-0.3, -0.25) is 15.6 Å². The molecule has 194 valence electrons. The van der Waals surface area contributed by atoms with E-state index in [1.165, 1.54) is 10.6 Å². The average molecular weight is 520 g/mol. The van der Waals surface area contributed by atoms with E-state index in [9.17, 15) is 14.7 Å². The molecule has 0 aliphatic heterocycles. The van der Waals surface area contributed by atoms with Crippen LogP contribution in [0.15, 0.2) is 89.7 Å². The number of nitrogens with zero attached hydrogens (tertiary/aromatic N) is 1. The number of pyridine rings is 1. The van der Waals surface area contributed by atoms with Crippen LogP contribution in [-0.4, -0.2) is 27.3 Å². The molecule has 0 aliphatic rings. The minimum absolute atomic E-state index is 0.0348. The molecule has 1 heterocycles. The van der Waals surface area contributed by atoms with Gasteiger partial charge in [-0.2, -0.15) is 0 Å². The number of benzene rings is 4. The number of hydrogen-bond donors (Lipinski definition) is 5. The Bertz CT molecular complexity index is 1860. The van der Waals surface area contributed by atoms with E-state index >= 15 is 0 Å². The van der Waals surface area contributed by atoms with E-state index in [4.69, 9.17) is 27.0 Å². The lowest BCUT2D eigenvalue weighted by molar-refractivity contribution is 0.0694. The van der Waals surface area contributed by atoms with Crippen molar-refractivity contribution in [2.24, 2.45) is 11.5 Å². The quantitative estimate of drug-likeness (QED) is 0.153. The van der Waals surface area contributed by atoms with E-state index in [0.717, 1.165) is 21.9 Å². The summed E-state index contributed by atoms with van der Waals surface area (Å²) in [5.41, 5.74) is 13.6. The summed E-state index contributed by atoms with van der Waals surface area (Å²) in [6.07, 6.45) is 0. The number of aromatic carboxylic acids is 1. The second-order valence-corrected chi connectivity index (χ2v) is 9.19. The fourth-order valence-electron chi connectivity index (χ4n) is 4.51. The predicted octanol–water partition coefficient (Wildman–Crippen LogP) is 4.05. The lowest BCUT2D eigenvalue weighted by Gasteiger charge is -2.14. The Morgan fingerprint density at radius 3 is 2.28 bits per heavy atom. The summed E-state index contributed by atoms with van der Waals surface area (Å²) in [5.74, 6) is -0.886. The number of hydrogen-bond acceptors (Lipinski definition) is 5. The van der Waals surface area contributed by atoms with Crippen LogP contribution in [-0.2, 0) is 13.2 Å². The van der Waals surface area contributed by atoms with Gasteiger partial charge in [-0.25, -0.2) is 4.79 Å². The number of amidine groups is 2. The SMILES string of the molecule is N=C(N)c1cccc(COc2ccc3c(c2)cc(C(=O)O)c(=O)n3Cc2ccc3ccc(C(=N)N)cc3c2)c1. The maximum atomic E-state index is 13.2. The fourth-order valence-corrected chi connectivity index (χ4v) is 4.51. The Morgan fingerprint density at radius 2 is 1.54 bits per heavy atom. The van der Waals surface area contributed by atoms with Gasteiger partial charge in [0.1, 0.15) is 29.6 Å². The number of nitrogens with one attached hydrogen (secondary N) is 2. The zero-order chi connectivity index (χ0) is 27.7. The third-order valence-corrected chi connectivity index (χ3v) is 6.50. The molecule has 0 saturated heterocycles. The van der Waals surface area contributed by atoms with Crippen molar-refractivity contribution in [3.8, 4) is 5.75 Å². The lowest BCUT2D eigenvalue weighted by Crippen LogP contribution is -2.27. The maximum absolute atomic E-state index is 13.2. The number of carbonyl (C=O) groups is 1. The number of fused-ring (bicyclic) bond motifs is 2. The van der Waals surface area contributed by atoms with Gasteiger partial charge in [0.05, 0.1) is 12.1 Å². The molecule has 9 nitrogen and oxygen atoms in total. The normalized spacial score (nSPS) is 11.0. The van der Waals surface area contributed by atoms with Crippen LogP contribution in [0.2, 0.25) is 0 Å². The van der Waals surface area contributed by atoms with Crippen molar-refractivity contribution in [3.63, 3.8) is 0 Å². The number of carboxylic acids is 1. The molecule has 0 fully saturated rings. The molecule has 0 saturated carbocycles. The highest BCUT2D eigenvalue weighted by Gasteiger charge is 2.16. The zero-order valence-electron chi connectivity index (χ0n) is 20.8. The molecule has 39 heavy (non-hydrogen) atoms. The molecule has 5 rings (SSSR count). The summed E-state index contributed by atoms with van der Waals surface area (Å²) in [5, 5.41) is 27.4. The summed E-state index contributed by atoms with van der Waals surface area (Å²) < 4.78 is 7.37. The van der Waals surface area contributed by atoms with Crippen LogP contribution in [0, 0.1) is 10.8 Å². The largest absolute Gasteiger partial charge is 0.489 e. The van der Waals surface area contributed by atoms with Crippen molar-refractivity contribution < 1.29 is 14.6 Å². The Labute approximate surface area is 222 Å². The van der Waals surface area contributed by atoms with Crippen LogP contribution in [0.3, 0.4) is 0 Å². The van der Waals surface area contributed by atoms with Crippen molar-refractivity contribution in [2.75, 3.05) is 0 Å². The van der Waals surface area contributed by atoms with Crippen molar-refractivity contribution in [1.29, 1.82) is 10.8 Å². The van der Waals surface area contributed by atoms with Gasteiger partial charge in [0.25, 0.3) is 5.56 Å². The predicted molar refractivity (Wildman–Crippen MR) is 151 cm³/mol. The monoisotopic (exact) mass is 519 g/mol. The number of nitrogens with two attached hydrogens (primary N) is 2. The minimum Gasteiger partial charge on any atom is -0.489 e. The lowest BCUT2D eigenvalue weighted by atomic mass is 10.0. The van der Waals surface area contributed by atoms with Gasteiger partial charge in [0, 0.05) is 16.5 Å². The van der Waals surface area contributed by atoms with E-state index in [1.807, 2.05) is 36.4 Å². The number of rotatable bonds is 8. The highest BCUT2D eigenvalue weighted by atomic mass is 16.5. The first-order chi connectivity index (χ1) is 18.7. The molecule has 5 aromatic rings. The molecular formula is C30H25N5O4. The van der Waals surface area contributed by atoms with Gasteiger partial charge in [-0.1, -0.05) is 42.5 Å². The summed E-state index contributed by atoms with van der Waals surface area (Å²) in [7, 11) is 0. The highest BCUT2D eigenvalue weighted by Crippen LogP contribution is 2.24. The third-order valence-electron chi connectivity index (χ3n) is 6.50. The van der Waals surface area contributed by atoms with Crippen LogP contribution < -0.4 is 21.8 Å². The first-order valence-corrected chi connectivity index (χ1v) is 12.0. The van der Waals surface area contributed by atoms with E-state index in [2.05, 4.69) is 0 Å². The number of ether oxygens (including phenoxy) is 1. The van der Waals surface area contributed by atoms with Crippen LogP contribution >= 0.6 is 0 Å². The minimum atomic E-state index is -1.31. The second-order valence-electron chi connectivity index (χ2n) is 9.19. The first kappa shape index (κ1) is 25.2. The number of nitrogen functional groups attached to an aromatic ring is 2. The standard InChI is InChI=1S/C30H25N5O4/c31-27(32)20-3-1-2-18(11-20)16-39-24-8-9-26-23(13-24)14-25(30(37)38)29(36)35(26)15-17-4-5-19-6-7-21(28(33)34)12-22(19)10-17/h1-14H,15-16H2,(H3,31,32)(H3,33,34)(H,37,38). The topological polar surface area (TPSA) is 168 Å². The zero-order valence-corrected chi connectivity index (χ0v) is 20.8. The molecule has 0 unspecified atom stereocenters. The molecule has 0 amide bonds. The first-order valence-electron chi connectivity index (χ1n) is 12.0. The molecular weight excluding hydrogens is 494 g/mol. The van der Waals surface area contributed by atoms with E-state index < -0.39 is 11.5 Å². The molecule has 7 N–H and O–H groups in total. The third kappa shape index (κ3) is 5.19. The summed E-state index contributed by atoms with van der Waals surface area (Å²) in [6.45, 7) is 0.367. The van der Waals surface area contributed by atoms with Gasteiger partial charge in [0.2, 0.25) is 0 Å². The summed E-state index contributed by atoms with van der Waals surface area (Å²) in [4.78, 5) is 25.1. The van der Waals surface area contributed by atoms with Gasteiger partial charge in [0.15, 0.2) is 0 Å². The molecule has 0 bridgehead atoms. The maximum Gasteiger partial charge on any atom is 0.341 e. The van der Waals surface area contributed by atoms with Crippen LogP contribution in [0.25, 0.3) is 21.7 Å². The summed E-state index contributed by atoms with van der Waals surface area (Å²) >= 11 is 0. The van der Waals surface area contributed by atoms with E-state index in [0.29, 0.717) is 27.8 Å². The Hall–Kier alpha value is -5.44. The molecule has 4 aromatic carbocycles. The molecule has 0 spiro atoms. The molecule has 0 atom stereocenters. The highest BCUT2D eigenvalue weighted by molar-refractivity contribution is 5.99.